The molecule has 4 aromatic rings. The van der Waals surface area contributed by atoms with E-state index in [1.807, 2.05) is 91.0 Å². The molecule has 0 saturated carbocycles. The molecular weight excluding hydrogens is 372 g/mol. The number of Topliss-reactive ketones (excluding diaryl/α,β-unsaturated/α-hetero) is 1. The Bertz CT molecular complexity index is 1240. The van der Waals surface area contributed by atoms with Crippen LogP contribution in [0.2, 0.25) is 0 Å². The van der Waals surface area contributed by atoms with Gasteiger partial charge in [-0.25, -0.2) is 0 Å². The lowest BCUT2D eigenvalue weighted by atomic mass is 9.86. The smallest absolute Gasteiger partial charge is 0.314 e. The Hall–Kier alpha value is -3.72. The molecule has 0 radical (unpaired) electrons. The molecule has 0 amide bonds. The number of fused-ring (bicyclic) bond motifs is 2. The maximum Gasteiger partial charge on any atom is 0.314 e. The molecule has 0 aliphatic heterocycles. The van der Waals surface area contributed by atoms with Crippen molar-refractivity contribution in [2.75, 3.05) is 0 Å². The Morgan fingerprint density at radius 3 is 2.33 bits per heavy atom. The Morgan fingerprint density at radius 2 is 1.47 bits per heavy atom. The van der Waals surface area contributed by atoms with E-state index < -0.39 is 11.8 Å². The van der Waals surface area contributed by atoms with Crippen LogP contribution in [0.5, 0.6) is 0 Å². The molecule has 1 aliphatic carbocycles. The van der Waals surface area contributed by atoms with Gasteiger partial charge in [-0.1, -0.05) is 97.1 Å². The van der Waals surface area contributed by atoms with Gasteiger partial charge in [0.1, 0.15) is 6.61 Å². The summed E-state index contributed by atoms with van der Waals surface area (Å²) < 4.78 is 5.79. The summed E-state index contributed by atoms with van der Waals surface area (Å²) in [6, 6.07) is 30.9. The monoisotopic (exact) mass is 392 g/mol. The highest BCUT2D eigenvalue weighted by Gasteiger charge is 2.45. The van der Waals surface area contributed by atoms with Gasteiger partial charge in [0.15, 0.2) is 5.78 Å². The Labute approximate surface area is 174 Å². The summed E-state index contributed by atoms with van der Waals surface area (Å²) in [5, 5.41) is 2.17. The van der Waals surface area contributed by atoms with Gasteiger partial charge in [0.05, 0.1) is 11.8 Å². The number of hydrogen-bond donors (Lipinski definition) is 0. The molecule has 0 aromatic heterocycles. The van der Waals surface area contributed by atoms with E-state index in [2.05, 4.69) is 0 Å². The van der Waals surface area contributed by atoms with Gasteiger partial charge in [0, 0.05) is 5.56 Å². The first-order valence-corrected chi connectivity index (χ1v) is 10.1. The van der Waals surface area contributed by atoms with E-state index >= 15 is 0 Å². The first-order chi connectivity index (χ1) is 14.7. The van der Waals surface area contributed by atoms with Gasteiger partial charge in [0.2, 0.25) is 0 Å². The summed E-state index contributed by atoms with van der Waals surface area (Å²) in [4.78, 5) is 26.4. The number of carbonyl (C=O) groups excluding carboxylic acids is 2. The molecule has 4 aromatic carbocycles. The number of ketones is 1. The van der Waals surface area contributed by atoms with Gasteiger partial charge in [0.25, 0.3) is 0 Å². The average molecular weight is 392 g/mol. The van der Waals surface area contributed by atoms with Crippen LogP contribution >= 0.6 is 0 Å². The average Bonchev–Trinajstić information content (AvgIpc) is 3.10. The molecule has 0 fully saturated rings. The van der Waals surface area contributed by atoms with Crippen LogP contribution in [0.4, 0.5) is 0 Å². The second kappa shape index (κ2) is 7.60. The molecule has 2 atom stereocenters. The number of rotatable bonds is 4. The van der Waals surface area contributed by atoms with Crippen molar-refractivity contribution < 1.29 is 14.3 Å². The van der Waals surface area contributed by atoms with E-state index in [0.29, 0.717) is 5.56 Å². The van der Waals surface area contributed by atoms with Crippen molar-refractivity contribution in [1.29, 1.82) is 0 Å². The van der Waals surface area contributed by atoms with Gasteiger partial charge in [-0.3, -0.25) is 9.59 Å². The third kappa shape index (κ3) is 3.09. The summed E-state index contributed by atoms with van der Waals surface area (Å²) >= 11 is 0. The fourth-order valence-electron chi connectivity index (χ4n) is 4.42. The van der Waals surface area contributed by atoms with Crippen molar-refractivity contribution in [1.82, 2.24) is 0 Å². The van der Waals surface area contributed by atoms with Crippen LogP contribution in [0.3, 0.4) is 0 Å². The molecule has 0 bridgehead atoms. The van der Waals surface area contributed by atoms with Crippen LogP contribution in [-0.4, -0.2) is 11.8 Å². The molecule has 2 unspecified atom stereocenters. The molecule has 5 rings (SSSR count). The van der Waals surface area contributed by atoms with Crippen LogP contribution in [0.15, 0.2) is 97.1 Å². The van der Waals surface area contributed by atoms with Crippen molar-refractivity contribution in [3.8, 4) is 0 Å². The van der Waals surface area contributed by atoms with E-state index in [-0.39, 0.29) is 18.4 Å². The lowest BCUT2D eigenvalue weighted by Gasteiger charge is -2.19. The molecule has 3 heteroatoms. The molecule has 3 nitrogen and oxygen atoms in total. The molecule has 1 aliphatic rings. The quantitative estimate of drug-likeness (QED) is 0.422. The summed E-state index contributed by atoms with van der Waals surface area (Å²) in [6.45, 7) is 0.175. The van der Waals surface area contributed by atoms with Crippen LogP contribution in [-0.2, 0) is 16.1 Å². The van der Waals surface area contributed by atoms with Crippen LogP contribution in [0, 0.1) is 0 Å². The lowest BCUT2D eigenvalue weighted by Crippen LogP contribution is -2.21. The van der Waals surface area contributed by atoms with E-state index in [4.69, 9.17) is 4.74 Å². The Morgan fingerprint density at radius 1 is 0.767 bits per heavy atom. The van der Waals surface area contributed by atoms with E-state index in [9.17, 15) is 9.59 Å². The number of benzene rings is 4. The topological polar surface area (TPSA) is 43.4 Å². The van der Waals surface area contributed by atoms with E-state index in [1.165, 1.54) is 0 Å². The molecular formula is C27H20O3. The summed E-state index contributed by atoms with van der Waals surface area (Å²) in [7, 11) is 0. The summed E-state index contributed by atoms with van der Waals surface area (Å²) in [6.07, 6.45) is 0. The predicted octanol–water partition coefficient (Wildman–Crippen LogP) is 5.65. The second-order valence-electron chi connectivity index (χ2n) is 7.56. The largest absolute Gasteiger partial charge is 0.460 e. The van der Waals surface area contributed by atoms with Gasteiger partial charge in [-0.2, -0.15) is 0 Å². The maximum absolute atomic E-state index is 13.3. The highest BCUT2D eigenvalue weighted by atomic mass is 16.5. The first kappa shape index (κ1) is 18.3. The van der Waals surface area contributed by atoms with Gasteiger partial charge >= 0.3 is 5.97 Å². The molecule has 0 heterocycles. The zero-order valence-electron chi connectivity index (χ0n) is 16.3. The van der Waals surface area contributed by atoms with Crippen LogP contribution < -0.4 is 0 Å². The third-order valence-electron chi connectivity index (χ3n) is 5.84. The zero-order chi connectivity index (χ0) is 20.5. The number of esters is 1. The standard InChI is InChI=1S/C27H20O3/c28-26-23-16-7-6-15-22(23)25(24(26)19-10-2-1-3-11-19)27(29)30-17-20-13-8-12-18-9-4-5-14-21(18)20/h1-16,24-25H,17H2. The van der Waals surface area contributed by atoms with Crippen molar-refractivity contribution in [3.63, 3.8) is 0 Å². The Kier molecular flexibility index (Phi) is 4.64. The first-order valence-electron chi connectivity index (χ1n) is 10.1. The molecule has 0 N–H and O–H groups in total. The normalized spacial score (nSPS) is 17.7. The highest BCUT2D eigenvalue weighted by molar-refractivity contribution is 6.10. The zero-order valence-corrected chi connectivity index (χ0v) is 16.3. The lowest BCUT2D eigenvalue weighted by molar-refractivity contribution is -0.147. The number of hydrogen-bond acceptors (Lipinski definition) is 3. The Balaban J connectivity index is 1.47. The SMILES string of the molecule is O=C1c2ccccc2C(C(=O)OCc2cccc3ccccc23)C1c1ccccc1. The minimum absolute atomic E-state index is 0.0242. The third-order valence-corrected chi connectivity index (χ3v) is 5.84. The van der Waals surface area contributed by atoms with Gasteiger partial charge in [-0.15, -0.1) is 0 Å². The fraction of sp³-hybridized carbons (Fsp3) is 0.111. The maximum atomic E-state index is 13.3. The van der Waals surface area contributed by atoms with Crippen molar-refractivity contribution in [2.24, 2.45) is 0 Å². The van der Waals surface area contributed by atoms with Crippen LogP contribution in [0.1, 0.15) is 38.9 Å². The molecule has 30 heavy (non-hydrogen) atoms. The van der Waals surface area contributed by atoms with Gasteiger partial charge in [-0.05, 0) is 27.5 Å². The van der Waals surface area contributed by atoms with Crippen molar-refractivity contribution in [3.05, 3.63) is 119 Å². The van der Waals surface area contributed by atoms with E-state index in [1.54, 1.807) is 6.07 Å². The second-order valence-corrected chi connectivity index (χ2v) is 7.56. The number of ether oxygens (including phenoxy) is 1. The van der Waals surface area contributed by atoms with Crippen molar-refractivity contribution >= 4 is 22.5 Å². The van der Waals surface area contributed by atoms with Crippen molar-refractivity contribution in [2.45, 2.75) is 18.4 Å². The van der Waals surface area contributed by atoms with E-state index in [0.717, 1.165) is 27.5 Å². The molecule has 146 valence electrons. The highest BCUT2D eigenvalue weighted by Crippen LogP contribution is 2.44. The summed E-state index contributed by atoms with van der Waals surface area (Å²) in [5.41, 5.74) is 3.15. The fourth-order valence-corrected chi connectivity index (χ4v) is 4.42. The molecule has 0 saturated heterocycles. The van der Waals surface area contributed by atoms with Gasteiger partial charge < -0.3 is 4.74 Å². The predicted molar refractivity (Wildman–Crippen MR) is 116 cm³/mol. The minimum Gasteiger partial charge on any atom is -0.460 e. The minimum atomic E-state index is -0.633. The summed E-state index contributed by atoms with van der Waals surface area (Å²) in [5.74, 6) is -1.58. The number of carbonyl (C=O) groups is 2. The molecule has 0 spiro atoms. The van der Waals surface area contributed by atoms with Crippen LogP contribution in [0.25, 0.3) is 10.8 Å².